The second-order valence-electron chi connectivity index (χ2n) is 5.32. The molecule has 0 amide bonds. The quantitative estimate of drug-likeness (QED) is 0.680. The van der Waals surface area contributed by atoms with Gasteiger partial charge in [-0.1, -0.05) is 19.8 Å². The van der Waals surface area contributed by atoms with Crippen molar-refractivity contribution in [3.05, 3.63) is 29.3 Å². The van der Waals surface area contributed by atoms with Gasteiger partial charge < -0.3 is 10.5 Å². The Morgan fingerprint density at radius 1 is 1.40 bits per heavy atom. The Balaban J connectivity index is 2.08. The van der Waals surface area contributed by atoms with Gasteiger partial charge in [-0.3, -0.25) is 0 Å². The number of anilines is 1. The molecule has 2 N–H and O–H groups in total. The van der Waals surface area contributed by atoms with Crippen LogP contribution in [0.3, 0.4) is 0 Å². The maximum atomic E-state index is 13.7. The number of halogens is 2. The molecule has 1 aromatic carbocycles. The summed E-state index contributed by atoms with van der Waals surface area (Å²) >= 11 is 0. The van der Waals surface area contributed by atoms with Gasteiger partial charge >= 0.3 is 5.97 Å². The van der Waals surface area contributed by atoms with E-state index in [-0.39, 0.29) is 11.8 Å². The fourth-order valence-electron chi connectivity index (χ4n) is 2.69. The third kappa shape index (κ3) is 3.26. The van der Waals surface area contributed by atoms with Crippen molar-refractivity contribution in [2.75, 3.05) is 5.73 Å². The molecule has 5 heteroatoms. The smallest absolute Gasteiger partial charge is 0.341 e. The van der Waals surface area contributed by atoms with E-state index in [9.17, 15) is 13.6 Å². The van der Waals surface area contributed by atoms with Crippen LogP contribution in [0.25, 0.3) is 0 Å². The number of rotatable bonds is 3. The first-order valence-electron chi connectivity index (χ1n) is 6.96. The fraction of sp³-hybridized carbons (Fsp3) is 0.533. The predicted octanol–water partition coefficient (Wildman–Crippen LogP) is 3.67. The van der Waals surface area contributed by atoms with Crippen LogP contribution in [0.5, 0.6) is 0 Å². The Kier molecular flexibility index (Phi) is 4.57. The Morgan fingerprint density at radius 3 is 2.85 bits per heavy atom. The molecule has 3 nitrogen and oxygen atoms in total. The number of nitrogen functional groups attached to an aromatic ring is 1. The lowest BCUT2D eigenvalue weighted by Gasteiger charge is -2.28. The van der Waals surface area contributed by atoms with Gasteiger partial charge in [-0.05, 0) is 37.3 Å². The van der Waals surface area contributed by atoms with Gasteiger partial charge in [-0.25, -0.2) is 13.6 Å². The van der Waals surface area contributed by atoms with Crippen molar-refractivity contribution in [1.82, 2.24) is 0 Å². The summed E-state index contributed by atoms with van der Waals surface area (Å²) in [4.78, 5) is 11.9. The number of ether oxygens (including phenoxy) is 1. The van der Waals surface area contributed by atoms with Crippen LogP contribution in [0.15, 0.2) is 12.1 Å². The first-order valence-corrected chi connectivity index (χ1v) is 6.96. The number of carbonyl (C=O) groups excluding carboxylic acids is 1. The van der Waals surface area contributed by atoms with E-state index in [0.29, 0.717) is 5.92 Å². The molecular weight excluding hydrogens is 264 g/mol. The molecule has 0 radical (unpaired) electrons. The summed E-state index contributed by atoms with van der Waals surface area (Å²) in [7, 11) is 0. The third-order valence-corrected chi connectivity index (χ3v) is 3.87. The molecule has 1 fully saturated rings. The van der Waals surface area contributed by atoms with E-state index >= 15 is 0 Å². The zero-order valence-corrected chi connectivity index (χ0v) is 11.5. The van der Waals surface area contributed by atoms with E-state index in [2.05, 4.69) is 6.92 Å². The highest BCUT2D eigenvalue weighted by Crippen LogP contribution is 2.29. The summed E-state index contributed by atoms with van der Waals surface area (Å²) in [5.41, 5.74) is 4.50. The minimum atomic E-state index is -0.917. The van der Waals surface area contributed by atoms with Crippen LogP contribution in [0.4, 0.5) is 14.5 Å². The molecule has 0 heterocycles. The minimum Gasteiger partial charge on any atom is -0.459 e. The number of nitrogens with two attached hydrogens (primary N) is 1. The molecule has 1 aliphatic carbocycles. The van der Waals surface area contributed by atoms with E-state index in [1.807, 2.05) is 0 Å². The van der Waals surface area contributed by atoms with E-state index in [1.165, 1.54) is 0 Å². The van der Waals surface area contributed by atoms with Crippen LogP contribution < -0.4 is 5.73 Å². The highest BCUT2D eigenvalue weighted by atomic mass is 19.1. The number of esters is 1. The van der Waals surface area contributed by atoms with Gasteiger partial charge in [0.25, 0.3) is 0 Å². The molecule has 0 saturated heterocycles. The molecule has 1 saturated carbocycles. The van der Waals surface area contributed by atoms with Crippen molar-refractivity contribution in [3.63, 3.8) is 0 Å². The molecule has 2 atom stereocenters. The van der Waals surface area contributed by atoms with Gasteiger partial charge in [-0.2, -0.15) is 0 Å². The Hall–Kier alpha value is -1.65. The second kappa shape index (κ2) is 6.20. The van der Waals surface area contributed by atoms with Crippen LogP contribution in [0.1, 0.15) is 49.4 Å². The van der Waals surface area contributed by atoms with Crippen LogP contribution >= 0.6 is 0 Å². The zero-order valence-electron chi connectivity index (χ0n) is 11.5. The van der Waals surface area contributed by atoms with Crippen molar-refractivity contribution in [3.8, 4) is 0 Å². The molecule has 1 aromatic rings. The molecule has 0 bridgehead atoms. The minimum absolute atomic E-state index is 0.218. The summed E-state index contributed by atoms with van der Waals surface area (Å²) < 4.78 is 32.2. The standard InChI is InChI=1S/C15H19F2NO2/c1-2-9-4-3-5-11(6-9)20-15(19)12-7-10(16)8-13(18)14(12)17/h7-9,11H,2-6,18H2,1H3. The molecule has 20 heavy (non-hydrogen) atoms. The zero-order chi connectivity index (χ0) is 14.7. The molecule has 0 spiro atoms. The maximum absolute atomic E-state index is 13.7. The van der Waals surface area contributed by atoms with Crippen molar-refractivity contribution in [2.24, 2.45) is 5.92 Å². The van der Waals surface area contributed by atoms with Gasteiger partial charge in [0.15, 0.2) is 5.82 Å². The summed E-state index contributed by atoms with van der Waals surface area (Å²) in [6.07, 6.45) is 4.50. The lowest BCUT2D eigenvalue weighted by Crippen LogP contribution is -2.26. The van der Waals surface area contributed by atoms with Crippen LogP contribution in [-0.2, 0) is 4.74 Å². The fourth-order valence-corrected chi connectivity index (χ4v) is 2.69. The van der Waals surface area contributed by atoms with Gasteiger partial charge in [0.2, 0.25) is 0 Å². The first kappa shape index (κ1) is 14.8. The second-order valence-corrected chi connectivity index (χ2v) is 5.32. The summed E-state index contributed by atoms with van der Waals surface area (Å²) in [6, 6.07) is 1.67. The molecule has 0 aliphatic heterocycles. The average molecular weight is 283 g/mol. The van der Waals surface area contributed by atoms with E-state index in [4.69, 9.17) is 10.5 Å². The number of benzene rings is 1. The Labute approximate surface area is 117 Å². The molecule has 110 valence electrons. The van der Waals surface area contributed by atoms with Gasteiger partial charge in [0, 0.05) is 0 Å². The van der Waals surface area contributed by atoms with Gasteiger partial charge in [-0.15, -0.1) is 0 Å². The van der Waals surface area contributed by atoms with Crippen molar-refractivity contribution >= 4 is 11.7 Å². The predicted molar refractivity (Wildman–Crippen MR) is 72.2 cm³/mol. The van der Waals surface area contributed by atoms with Crippen LogP contribution in [0, 0.1) is 17.6 Å². The largest absolute Gasteiger partial charge is 0.459 e. The lowest BCUT2D eigenvalue weighted by molar-refractivity contribution is 0.0135. The van der Waals surface area contributed by atoms with Crippen LogP contribution in [-0.4, -0.2) is 12.1 Å². The maximum Gasteiger partial charge on any atom is 0.341 e. The summed E-state index contributed by atoms with van der Waals surface area (Å²) in [5.74, 6) is -1.97. The summed E-state index contributed by atoms with van der Waals surface area (Å²) in [5, 5.41) is 0. The average Bonchev–Trinajstić information content (AvgIpc) is 2.43. The molecular formula is C15H19F2NO2. The molecule has 1 aliphatic rings. The number of hydrogen-bond donors (Lipinski definition) is 1. The Bertz CT molecular complexity index is 505. The van der Waals surface area contributed by atoms with Crippen molar-refractivity contribution < 1.29 is 18.3 Å². The lowest BCUT2D eigenvalue weighted by atomic mass is 9.85. The van der Waals surface area contributed by atoms with Gasteiger partial charge in [0.1, 0.15) is 17.5 Å². The molecule has 2 rings (SSSR count). The monoisotopic (exact) mass is 283 g/mol. The van der Waals surface area contributed by atoms with Crippen molar-refractivity contribution in [2.45, 2.75) is 45.1 Å². The first-order chi connectivity index (χ1) is 9.51. The highest BCUT2D eigenvalue weighted by Gasteiger charge is 2.26. The normalized spacial score (nSPS) is 22.6. The third-order valence-electron chi connectivity index (χ3n) is 3.87. The summed E-state index contributed by atoms with van der Waals surface area (Å²) in [6.45, 7) is 2.10. The van der Waals surface area contributed by atoms with E-state index < -0.39 is 23.2 Å². The Morgan fingerprint density at radius 2 is 2.15 bits per heavy atom. The van der Waals surface area contributed by atoms with Crippen molar-refractivity contribution in [1.29, 1.82) is 0 Å². The number of hydrogen-bond acceptors (Lipinski definition) is 3. The topological polar surface area (TPSA) is 52.3 Å². The van der Waals surface area contributed by atoms with Crippen LogP contribution in [0.2, 0.25) is 0 Å². The number of carbonyl (C=O) groups is 1. The van der Waals surface area contributed by atoms with Gasteiger partial charge in [0.05, 0.1) is 5.69 Å². The van der Waals surface area contributed by atoms with E-state index in [1.54, 1.807) is 0 Å². The molecule has 2 unspecified atom stereocenters. The molecule has 0 aromatic heterocycles. The van der Waals surface area contributed by atoms with E-state index in [0.717, 1.165) is 44.2 Å². The highest BCUT2D eigenvalue weighted by molar-refractivity contribution is 5.91. The SMILES string of the molecule is CCC1CCCC(OC(=O)c2cc(F)cc(N)c2F)C1.